The van der Waals surface area contributed by atoms with E-state index in [1.165, 1.54) is 12.1 Å². The lowest BCUT2D eigenvalue weighted by atomic mass is 9.95. The Labute approximate surface area is 173 Å². The molecule has 0 spiro atoms. The van der Waals surface area contributed by atoms with Crippen LogP contribution < -0.4 is 10.2 Å². The second-order valence-corrected chi connectivity index (χ2v) is 7.87. The molecular weight excluding hydrogens is 395 g/mol. The van der Waals surface area contributed by atoms with E-state index < -0.39 is 5.82 Å². The van der Waals surface area contributed by atoms with E-state index >= 15 is 0 Å². The minimum Gasteiger partial charge on any atom is -0.443 e. The van der Waals surface area contributed by atoms with Gasteiger partial charge in [-0.1, -0.05) is 11.6 Å². The van der Waals surface area contributed by atoms with Crippen molar-refractivity contribution in [1.29, 1.82) is 0 Å². The number of piperidine rings is 1. The quantitative estimate of drug-likeness (QED) is 0.664. The van der Waals surface area contributed by atoms with E-state index in [2.05, 4.69) is 20.2 Å². The molecule has 0 bridgehead atoms. The zero-order valence-corrected chi connectivity index (χ0v) is 17.3. The Balaban J connectivity index is 1.48. The number of amides is 1. The standard InChI is InChI=1S/C21H22ClFN4O2/c1-11-12(2)29-21-18(11)19(24-13(3)25-21)27-8-6-14(7-9-27)20(28)26-17-5-4-15(22)10-16(17)23/h4-5,10,14H,6-9H2,1-3H3,(H,26,28). The maximum Gasteiger partial charge on any atom is 0.231 e. The average molecular weight is 417 g/mol. The Hall–Kier alpha value is -2.67. The van der Waals surface area contributed by atoms with Gasteiger partial charge in [-0.25, -0.2) is 9.37 Å². The van der Waals surface area contributed by atoms with Gasteiger partial charge in [0.25, 0.3) is 0 Å². The van der Waals surface area contributed by atoms with E-state index in [1.54, 1.807) is 6.07 Å². The average Bonchev–Trinajstić information content (AvgIpc) is 2.97. The maximum absolute atomic E-state index is 14.0. The van der Waals surface area contributed by atoms with Gasteiger partial charge in [0, 0.05) is 29.6 Å². The lowest BCUT2D eigenvalue weighted by molar-refractivity contribution is -0.120. The first-order chi connectivity index (χ1) is 13.8. The number of carbonyl (C=O) groups is 1. The van der Waals surface area contributed by atoms with Gasteiger partial charge in [-0.05, 0) is 51.8 Å². The molecule has 0 atom stereocenters. The van der Waals surface area contributed by atoms with Crippen molar-refractivity contribution < 1.29 is 13.6 Å². The number of rotatable bonds is 3. The molecule has 0 saturated carbocycles. The van der Waals surface area contributed by atoms with Crippen molar-refractivity contribution in [2.45, 2.75) is 33.6 Å². The van der Waals surface area contributed by atoms with Crippen LogP contribution in [0.15, 0.2) is 22.6 Å². The van der Waals surface area contributed by atoms with Crippen LogP contribution in [-0.4, -0.2) is 29.0 Å². The highest BCUT2D eigenvalue weighted by Gasteiger charge is 2.28. The van der Waals surface area contributed by atoms with Gasteiger partial charge in [-0.15, -0.1) is 0 Å². The van der Waals surface area contributed by atoms with Gasteiger partial charge in [0.15, 0.2) is 0 Å². The van der Waals surface area contributed by atoms with E-state index in [9.17, 15) is 9.18 Å². The molecular formula is C21H22ClFN4O2. The zero-order valence-electron chi connectivity index (χ0n) is 16.6. The number of nitrogens with zero attached hydrogens (tertiary/aromatic N) is 3. The fourth-order valence-electron chi connectivity index (χ4n) is 3.74. The topological polar surface area (TPSA) is 71.3 Å². The molecule has 2 aromatic heterocycles. The molecule has 1 fully saturated rings. The maximum atomic E-state index is 14.0. The van der Waals surface area contributed by atoms with Crippen LogP contribution in [0, 0.1) is 32.5 Å². The summed E-state index contributed by atoms with van der Waals surface area (Å²) in [5.74, 6) is 1.44. The second-order valence-electron chi connectivity index (χ2n) is 7.43. The van der Waals surface area contributed by atoms with Crippen LogP contribution in [-0.2, 0) is 4.79 Å². The monoisotopic (exact) mass is 416 g/mol. The highest BCUT2D eigenvalue weighted by molar-refractivity contribution is 6.30. The molecule has 4 rings (SSSR count). The van der Waals surface area contributed by atoms with Crippen molar-refractivity contribution >= 4 is 40.1 Å². The third kappa shape index (κ3) is 3.79. The summed E-state index contributed by atoms with van der Waals surface area (Å²) >= 11 is 5.77. The fourth-order valence-corrected chi connectivity index (χ4v) is 3.90. The Morgan fingerprint density at radius 3 is 2.66 bits per heavy atom. The Morgan fingerprint density at radius 1 is 1.24 bits per heavy atom. The molecule has 1 aliphatic heterocycles. The summed E-state index contributed by atoms with van der Waals surface area (Å²) in [6, 6.07) is 4.23. The van der Waals surface area contributed by atoms with Crippen molar-refractivity contribution in [3.63, 3.8) is 0 Å². The van der Waals surface area contributed by atoms with E-state index in [-0.39, 0.29) is 17.5 Å². The van der Waals surface area contributed by atoms with Crippen molar-refractivity contribution in [2.24, 2.45) is 5.92 Å². The van der Waals surface area contributed by atoms with Crippen LogP contribution in [0.2, 0.25) is 5.02 Å². The summed E-state index contributed by atoms with van der Waals surface area (Å²) in [5.41, 5.74) is 1.79. The zero-order chi connectivity index (χ0) is 20.7. The summed E-state index contributed by atoms with van der Waals surface area (Å²) in [4.78, 5) is 23.8. The number of aryl methyl sites for hydroxylation is 3. The van der Waals surface area contributed by atoms with Gasteiger partial charge < -0.3 is 14.6 Å². The van der Waals surface area contributed by atoms with Gasteiger partial charge in [0.05, 0.1) is 11.1 Å². The molecule has 3 aromatic rings. The number of fused-ring (bicyclic) bond motifs is 1. The Kier molecular flexibility index (Phi) is 5.17. The summed E-state index contributed by atoms with van der Waals surface area (Å²) in [5, 5.41) is 3.91. The summed E-state index contributed by atoms with van der Waals surface area (Å²) in [7, 11) is 0. The molecule has 3 heterocycles. The van der Waals surface area contributed by atoms with Crippen LogP contribution in [0.4, 0.5) is 15.9 Å². The highest BCUT2D eigenvalue weighted by Crippen LogP contribution is 2.33. The molecule has 1 N–H and O–H groups in total. The van der Waals surface area contributed by atoms with Gasteiger partial charge in [-0.3, -0.25) is 4.79 Å². The van der Waals surface area contributed by atoms with Crippen LogP contribution >= 0.6 is 11.6 Å². The molecule has 1 saturated heterocycles. The summed E-state index contributed by atoms with van der Waals surface area (Å²) < 4.78 is 19.7. The van der Waals surface area contributed by atoms with Gasteiger partial charge in [0.2, 0.25) is 11.6 Å². The van der Waals surface area contributed by atoms with Gasteiger partial charge in [-0.2, -0.15) is 4.98 Å². The predicted octanol–water partition coefficient (Wildman–Crippen LogP) is 4.80. The van der Waals surface area contributed by atoms with Crippen LogP contribution in [0.1, 0.15) is 30.0 Å². The number of benzene rings is 1. The number of hydrogen-bond donors (Lipinski definition) is 1. The molecule has 1 aromatic carbocycles. The van der Waals surface area contributed by atoms with Gasteiger partial charge in [0.1, 0.15) is 23.2 Å². The van der Waals surface area contributed by atoms with Gasteiger partial charge >= 0.3 is 0 Å². The van der Waals surface area contributed by atoms with E-state index in [0.717, 1.165) is 22.5 Å². The fraction of sp³-hybridized carbons (Fsp3) is 0.381. The third-order valence-corrected chi connectivity index (χ3v) is 5.71. The van der Waals surface area contributed by atoms with E-state index in [4.69, 9.17) is 16.0 Å². The molecule has 6 nitrogen and oxygen atoms in total. The minimum absolute atomic E-state index is 0.152. The molecule has 0 radical (unpaired) electrons. The van der Waals surface area contributed by atoms with Crippen LogP contribution in [0.5, 0.6) is 0 Å². The van der Waals surface area contributed by atoms with Crippen molar-refractivity contribution in [2.75, 3.05) is 23.3 Å². The Bertz CT molecular complexity index is 1090. The van der Waals surface area contributed by atoms with Crippen molar-refractivity contribution in [3.8, 4) is 0 Å². The number of carbonyl (C=O) groups excluding carboxylic acids is 1. The van der Waals surface area contributed by atoms with Crippen LogP contribution in [0.25, 0.3) is 11.1 Å². The SMILES string of the molecule is Cc1nc(N2CCC(C(=O)Nc3ccc(Cl)cc3F)CC2)c2c(C)c(C)oc2n1. The summed E-state index contributed by atoms with van der Waals surface area (Å²) in [6.07, 6.45) is 1.31. The van der Waals surface area contributed by atoms with Crippen molar-refractivity contribution in [3.05, 3.63) is 46.2 Å². The number of aromatic nitrogens is 2. The molecule has 0 aliphatic carbocycles. The highest BCUT2D eigenvalue weighted by atomic mass is 35.5. The van der Waals surface area contributed by atoms with Crippen molar-refractivity contribution in [1.82, 2.24) is 9.97 Å². The molecule has 1 amide bonds. The second kappa shape index (κ2) is 7.63. The van der Waals surface area contributed by atoms with Crippen LogP contribution in [0.3, 0.4) is 0 Å². The number of halogens is 2. The first-order valence-electron chi connectivity index (χ1n) is 9.58. The lowest BCUT2D eigenvalue weighted by Gasteiger charge is -2.32. The first-order valence-corrected chi connectivity index (χ1v) is 9.96. The molecule has 8 heteroatoms. The predicted molar refractivity (Wildman–Crippen MR) is 111 cm³/mol. The number of nitrogens with one attached hydrogen (secondary N) is 1. The molecule has 0 unspecified atom stereocenters. The third-order valence-electron chi connectivity index (χ3n) is 5.48. The van der Waals surface area contributed by atoms with E-state index in [1.807, 2.05) is 20.8 Å². The van der Waals surface area contributed by atoms with E-state index in [0.29, 0.717) is 42.5 Å². The Morgan fingerprint density at radius 2 is 1.97 bits per heavy atom. The first kappa shape index (κ1) is 19.6. The molecule has 29 heavy (non-hydrogen) atoms. The smallest absolute Gasteiger partial charge is 0.231 e. The summed E-state index contributed by atoms with van der Waals surface area (Å²) in [6.45, 7) is 7.12. The number of anilines is 2. The minimum atomic E-state index is -0.534. The lowest BCUT2D eigenvalue weighted by Crippen LogP contribution is -2.38. The number of furan rings is 1. The normalized spacial score (nSPS) is 15.1. The largest absolute Gasteiger partial charge is 0.443 e. The molecule has 152 valence electrons. The number of hydrogen-bond acceptors (Lipinski definition) is 5. The molecule has 1 aliphatic rings.